The van der Waals surface area contributed by atoms with Crippen molar-refractivity contribution < 1.29 is 9.72 Å². The van der Waals surface area contributed by atoms with Gasteiger partial charge < -0.3 is 9.88 Å². The molecule has 0 radical (unpaired) electrons. The number of carbonyl (C=O) groups excluding carboxylic acids is 1. The molecule has 1 saturated heterocycles. The zero-order valence-electron chi connectivity index (χ0n) is 8.35. The van der Waals surface area contributed by atoms with Gasteiger partial charge in [0.2, 0.25) is 0 Å². The summed E-state index contributed by atoms with van der Waals surface area (Å²) in [5.41, 5.74) is 0.127. The van der Waals surface area contributed by atoms with Crippen molar-refractivity contribution in [2.75, 3.05) is 13.1 Å². The van der Waals surface area contributed by atoms with Crippen molar-refractivity contribution in [1.82, 2.24) is 9.88 Å². The molecule has 1 aromatic rings. The van der Waals surface area contributed by atoms with Crippen LogP contribution in [0.2, 0.25) is 0 Å². The summed E-state index contributed by atoms with van der Waals surface area (Å²) in [6, 6.07) is 1.24. The molecule has 1 aliphatic heterocycles. The topological polar surface area (TPSA) is 79.2 Å². The molecule has 1 amide bonds. The van der Waals surface area contributed by atoms with Gasteiger partial charge >= 0.3 is 0 Å². The molecule has 0 aliphatic carbocycles. The van der Waals surface area contributed by atoms with Crippen molar-refractivity contribution >= 4 is 23.2 Å². The van der Waals surface area contributed by atoms with E-state index in [1.807, 2.05) is 0 Å². The number of nitro groups is 1. The number of likely N-dealkylation sites (tertiary alicyclic amines) is 1. The lowest BCUT2D eigenvalue weighted by Gasteiger charge is -2.13. The molecular formula is C9H10ClN3O3. The minimum Gasteiger partial charge on any atom is -0.351 e. The van der Waals surface area contributed by atoms with Crippen LogP contribution in [0.15, 0.2) is 12.3 Å². The molecule has 2 rings (SSSR count). The number of amides is 1. The van der Waals surface area contributed by atoms with Crippen LogP contribution < -0.4 is 0 Å². The predicted octanol–water partition coefficient (Wildman–Crippen LogP) is 1.38. The molecule has 1 aromatic heterocycles. The van der Waals surface area contributed by atoms with Crippen LogP contribution in [0, 0.1) is 10.1 Å². The second-order valence-corrected chi connectivity index (χ2v) is 4.28. The van der Waals surface area contributed by atoms with Crippen molar-refractivity contribution in [1.29, 1.82) is 0 Å². The molecule has 1 aliphatic rings. The molecule has 86 valence electrons. The maximum atomic E-state index is 11.8. The lowest BCUT2D eigenvalue weighted by molar-refractivity contribution is -0.384. The number of hydrogen-bond donors (Lipinski definition) is 1. The summed E-state index contributed by atoms with van der Waals surface area (Å²) in [7, 11) is 0. The van der Waals surface area contributed by atoms with Crippen LogP contribution in [0.25, 0.3) is 0 Å². The predicted molar refractivity (Wildman–Crippen MR) is 57.6 cm³/mol. The third kappa shape index (κ3) is 2.01. The first-order chi connectivity index (χ1) is 7.58. The van der Waals surface area contributed by atoms with Gasteiger partial charge in [0.15, 0.2) is 0 Å². The quantitative estimate of drug-likeness (QED) is 0.484. The van der Waals surface area contributed by atoms with E-state index in [9.17, 15) is 14.9 Å². The SMILES string of the molecule is O=C(c1cc([N+](=O)[O-])c[nH]1)N1CCC(Cl)C1. The molecule has 1 N–H and O–H groups in total. The molecule has 0 spiro atoms. The first-order valence-corrected chi connectivity index (χ1v) is 5.27. The monoisotopic (exact) mass is 243 g/mol. The Morgan fingerprint density at radius 1 is 1.69 bits per heavy atom. The first-order valence-electron chi connectivity index (χ1n) is 4.84. The number of H-pyrrole nitrogens is 1. The standard InChI is InChI=1S/C9H10ClN3O3/c10-6-1-2-12(5-6)9(14)8-3-7(4-11-8)13(15)16/h3-4,6,11H,1-2,5H2. The van der Waals surface area contributed by atoms with E-state index in [1.165, 1.54) is 12.3 Å². The van der Waals surface area contributed by atoms with Gasteiger partial charge in [0.25, 0.3) is 11.6 Å². The number of hydrogen-bond acceptors (Lipinski definition) is 3. The van der Waals surface area contributed by atoms with Crippen LogP contribution in [0.4, 0.5) is 5.69 Å². The number of aromatic nitrogens is 1. The Balaban J connectivity index is 2.11. The van der Waals surface area contributed by atoms with Gasteiger partial charge in [0, 0.05) is 19.2 Å². The largest absolute Gasteiger partial charge is 0.351 e. The average molecular weight is 244 g/mol. The maximum absolute atomic E-state index is 11.8. The van der Waals surface area contributed by atoms with Crippen LogP contribution in [0.1, 0.15) is 16.9 Å². The normalized spacial score (nSPS) is 20.1. The van der Waals surface area contributed by atoms with Gasteiger partial charge in [-0.05, 0) is 6.42 Å². The van der Waals surface area contributed by atoms with Gasteiger partial charge in [-0.15, -0.1) is 11.6 Å². The van der Waals surface area contributed by atoms with Crippen LogP contribution in [0.5, 0.6) is 0 Å². The summed E-state index contributed by atoms with van der Waals surface area (Å²) in [5, 5.41) is 10.4. The van der Waals surface area contributed by atoms with Gasteiger partial charge in [-0.25, -0.2) is 0 Å². The first kappa shape index (κ1) is 10.9. The molecule has 1 atom stereocenters. The van der Waals surface area contributed by atoms with Gasteiger partial charge in [-0.3, -0.25) is 14.9 Å². The van der Waals surface area contributed by atoms with E-state index in [0.29, 0.717) is 13.1 Å². The Morgan fingerprint density at radius 2 is 2.44 bits per heavy atom. The highest BCUT2D eigenvalue weighted by Gasteiger charge is 2.27. The number of rotatable bonds is 2. The summed E-state index contributed by atoms with van der Waals surface area (Å²) in [6.07, 6.45) is 1.97. The van der Waals surface area contributed by atoms with E-state index < -0.39 is 4.92 Å². The molecule has 0 aromatic carbocycles. The lowest BCUT2D eigenvalue weighted by atomic mass is 10.3. The van der Waals surface area contributed by atoms with E-state index >= 15 is 0 Å². The van der Waals surface area contributed by atoms with Crippen molar-refractivity contribution in [3.63, 3.8) is 0 Å². The highest BCUT2D eigenvalue weighted by atomic mass is 35.5. The summed E-state index contributed by atoms with van der Waals surface area (Å²) in [5.74, 6) is -0.240. The number of nitrogens with zero attached hydrogens (tertiary/aromatic N) is 2. The molecule has 1 fully saturated rings. The van der Waals surface area contributed by atoms with Crippen molar-refractivity contribution in [2.24, 2.45) is 0 Å². The molecular weight excluding hydrogens is 234 g/mol. The number of aromatic amines is 1. The number of halogens is 1. The highest BCUT2D eigenvalue weighted by molar-refractivity contribution is 6.21. The fourth-order valence-electron chi connectivity index (χ4n) is 1.68. The third-order valence-corrected chi connectivity index (χ3v) is 2.88. The molecule has 2 heterocycles. The van der Waals surface area contributed by atoms with Gasteiger partial charge in [-0.1, -0.05) is 0 Å². The lowest BCUT2D eigenvalue weighted by Crippen LogP contribution is -2.29. The molecule has 1 unspecified atom stereocenters. The number of alkyl halides is 1. The van der Waals surface area contributed by atoms with E-state index in [-0.39, 0.29) is 22.7 Å². The van der Waals surface area contributed by atoms with Gasteiger partial charge in [0.05, 0.1) is 16.5 Å². The van der Waals surface area contributed by atoms with Crippen molar-refractivity contribution in [3.8, 4) is 0 Å². The second-order valence-electron chi connectivity index (χ2n) is 3.67. The molecule has 0 bridgehead atoms. The van der Waals surface area contributed by atoms with Crippen molar-refractivity contribution in [2.45, 2.75) is 11.8 Å². The van der Waals surface area contributed by atoms with Gasteiger partial charge in [0.1, 0.15) is 5.69 Å². The van der Waals surface area contributed by atoms with E-state index in [2.05, 4.69) is 4.98 Å². The Labute approximate surface area is 96.3 Å². The fourth-order valence-corrected chi connectivity index (χ4v) is 1.95. The molecule has 16 heavy (non-hydrogen) atoms. The molecule has 7 heteroatoms. The Bertz CT molecular complexity index is 431. The van der Waals surface area contributed by atoms with Crippen LogP contribution in [-0.4, -0.2) is 39.2 Å². The van der Waals surface area contributed by atoms with Crippen molar-refractivity contribution in [3.05, 3.63) is 28.1 Å². The maximum Gasteiger partial charge on any atom is 0.287 e. The molecule has 0 saturated carbocycles. The summed E-state index contributed by atoms with van der Waals surface area (Å²) in [6.45, 7) is 1.09. The van der Waals surface area contributed by atoms with E-state index in [0.717, 1.165) is 6.42 Å². The minimum absolute atomic E-state index is 0.0195. The summed E-state index contributed by atoms with van der Waals surface area (Å²) < 4.78 is 0. The van der Waals surface area contributed by atoms with E-state index in [1.54, 1.807) is 4.90 Å². The van der Waals surface area contributed by atoms with E-state index in [4.69, 9.17) is 11.6 Å². The Morgan fingerprint density at radius 3 is 2.94 bits per heavy atom. The van der Waals surface area contributed by atoms with Crippen LogP contribution in [0.3, 0.4) is 0 Å². The Hall–Kier alpha value is -1.56. The summed E-state index contributed by atoms with van der Waals surface area (Å²) >= 11 is 5.88. The average Bonchev–Trinajstić information content (AvgIpc) is 2.84. The molecule has 6 nitrogen and oxygen atoms in total. The number of carbonyl (C=O) groups is 1. The van der Waals surface area contributed by atoms with Crippen LogP contribution >= 0.6 is 11.6 Å². The third-order valence-electron chi connectivity index (χ3n) is 2.53. The second kappa shape index (κ2) is 4.13. The summed E-state index contributed by atoms with van der Waals surface area (Å²) in [4.78, 5) is 25.9. The minimum atomic E-state index is -0.540. The smallest absolute Gasteiger partial charge is 0.287 e. The number of nitrogens with one attached hydrogen (secondary N) is 1. The van der Waals surface area contributed by atoms with Crippen LogP contribution in [-0.2, 0) is 0 Å². The Kier molecular flexibility index (Phi) is 2.82. The van der Waals surface area contributed by atoms with Gasteiger partial charge in [-0.2, -0.15) is 0 Å². The zero-order valence-corrected chi connectivity index (χ0v) is 9.11. The zero-order chi connectivity index (χ0) is 11.7. The fraction of sp³-hybridized carbons (Fsp3) is 0.444. The highest BCUT2D eigenvalue weighted by Crippen LogP contribution is 2.19.